The molecule has 1 aliphatic rings. The average molecular weight is 352 g/mol. The summed E-state index contributed by atoms with van der Waals surface area (Å²) in [5.74, 6) is 0.435. The lowest BCUT2D eigenvalue weighted by Gasteiger charge is -2.28. The van der Waals surface area contributed by atoms with Gasteiger partial charge in [-0.3, -0.25) is 15.0 Å². The van der Waals surface area contributed by atoms with Crippen LogP contribution < -0.4 is 15.0 Å². The number of halogens is 3. The molecule has 0 spiro atoms. The second kappa shape index (κ2) is 6.38. The summed E-state index contributed by atoms with van der Waals surface area (Å²) in [6.45, 7) is 0.373. The fourth-order valence-corrected chi connectivity index (χ4v) is 2.18. The Hall–Kier alpha value is -3.17. The van der Waals surface area contributed by atoms with Crippen LogP contribution in [0.3, 0.4) is 0 Å². The van der Waals surface area contributed by atoms with E-state index < -0.39 is 17.8 Å². The molecule has 0 radical (unpaired) electrons. The standard InChI is InChI=1S/C15H11F3N4O3/c16-15(17,18)9-1-4-12(19-7-9)21-14(24)22-5-6-25-11-3-2-10(8-23)20-13(11)22/h1-4,7-8H,5-6H2,(H,19,21,24). The number of pyridine rings is 2. The molecule has 0 unspecified atom stereocenters. The van der Waals surface area contributed by atoms with Crippen LogP contribution in [0.1, 0.15) is 16.1 Å². The molecule has 0 saturated carbocycles. The van der Waals surface area contributed by atoms with Crippen molar-refractivity contribution in [1.29, 1.82) is 0 Å². The smallest absolute Gasteiger partial charge is 0.417 e. The number of carbonyl (C=O) groups excluding carboxylic acids is 2. The number of aromatic nitrogens is 2. The lowest BCUT2D eigenvalue weighted by molar-refractivity contribution is -0.137. The molecule has 1 aliphatic heterocycles. The van der Waals surface area contributed by atoms with Crippen LogP contribution in [-0.2, 0) is 6.18 Å². The highest BCUT2D eigenvalue weighted by molar-refractivity contribution is 6.01. The van der Waals surface area contributed by atoms with E-state index in [-0.39, 0.29) is 30.5 Å². The number of hydrogen-bond donors (Lipinski definition) is 1. The number of hydrogen-bond acceptors (Lipinski definition) is 5. The molecular weight excluding hydrogens is 341 g/mol. The number of ether oxygens (including phenoxy) is 1. The normalized spacial score (nSPS) is 13.6. The van der Waals surface area contributed by atoms with Gasteiger partial charge in [0, 0.05) is 6.20 Å². The van der Waals surface area contributed by atoms with Crippen molar-refractivity contribution < 1.29 is 27.5 Å². The summed E-state index contributed by atoms with van der Waals surface area (Å²) in [5.41, 5.74) is -0.797. The summed E-state index contributed by atoms with van der Waals surface area (Å²) >= 11 is 0. The van der Waals surface area contributed by atoms with Crippen molar-refractivity contribution in [3.05, 3.63) is 41.7 Å². The fourth-order valence-electron chi connectivity index (χ4n) is 2.18. The molecular formula is C15H11F3N4O3. The number of nitrogens with one attached hydrogen (secondary N) is 1. The van der Waals surface area contributed by atoms with Gasteiger partial charge in [0.15, 0.2) is 17.9 Å². The lowest BCUT2D eigenvalue weighted by atomic mass is 10.3. The highest BCUT2D eigenvalue weighted by Gasteiger charge is 2.31. The topological polar surface area (TPSA) is 84.4 Å². The first-order valence-corrected chi connectivity index (χ1v) is 7.09. The zero-order valence-corrected chi connectivity index (χ0v) is 12.6. The quantitative estimate of drug-likeness (QED) is 0.840. The molecule has 0 aromatic carbocycles. The minimum atomic E-state index is -4.51. The Morgan fingerprint density at radius 3 is 2.72 bits per heavy atom. The number of urea groups is 1. The van der Waals surface area contributed by atoms with Gasteiger partial charge in [-0.1, -0.05) is 0 Å². The summed E-state index contributed by atoms with van der Waals surface area (Å²) in [5, 5.41) is 2.39. The molecule has 0 atom stereocenters. The van der Waals surface area contributed by atoms with E-state index in [1.54, 1.807) is 0 Å². The highest BCUT2D eigenvalue weighted by Crippen LogP contribution is 2.31. The molecule has 0 fully saturated rings. The minimum Gasteiger partial charge on any atom is -0.488 e. The molecule has 0 saturated heterocycles. The van der Waals surface area contributed by atoms with Crippen LogP contribution >= 0.6 is 0 Å². The van der Waals surface area contributed by atoms with Gasteiger partial charge in [0.25, 0.3) is 0 Å². The van der Waals surface area contributed by atoms with E-state index in [1.807, 2.05) is 0 Å². The second-order valence-corrected chi connectivity index (χ2v) is 5.04. The molecule has 1 N–H and O–H groups in total. The Balaban J connectivity index is 1.80. The van der Waals surface area contributed by atoms with Gasteiger partial charge in [0.2, 0.25) is 0 Å². The molecule has 2 amide bonds. The van der Waals surface area contributed by atoms with Gasteiger partial charge in [-0.15, -0.1) is 0 Å². The Labute approximate surface area is 139 Å². The molecule has 2 aromatic rings. The molecule has 0 aliphatic carbocycles. The van der Waals surface area contributed by atoms with E-state index in [9.17, 15) is 22.8 Å². The predicted octanol–water partition coefficient (Wildman–Crippen LogP) is 2.74. The predicted molar refractivity (Wildman–Crippen MR) is 80.7 cm³/mol. The minimum absolute atomic E-state index is 0.0439. The van der Waals surface area contributed by atoms with Crippen molar-refractivity contribution in [3.63, 3.8) is 0 Å². The monoisotopic (exact) mass is 352 g/mol. The molecule has 25 heavy (non-hydrogen) atoms. The molecule has 10 heteroatoms. The number of aldehydes is 1. The van der Waals surface area contributed by atoms with E-state index in [1.165, 1.54) is 17.0 Å². The maximum absolute atomic E-state index is 12.5. The molecule has 7 nitrogen and oxygen atoms in total. The molecule has 0 bridgehead atoms. The largest absolute Gasteiger partial charge is 0.488 e. The van der Waals surface area contributed by atoms with E-state index >= 15 is 0 Å². The Bertz CT molecular complexity index is 809. The van der Waals surface area contributed by atoms with Gasteiger partial charge in [-0.25, -0.2) is 14.8 Å². The SMILES string of the molecule is O=Cc1ccc2c(n1)N(C(=O)Nc1ccc(C(F)(F)F)cn1)CCO2. The van der Waals surface area contributed by atoms with Gasteiger partial charge in [0.1, 0.15) is 18.1 Å². The maximum Gasteiger partial charge on any atom is 0.417 e. The number of anilines is 2. The van der Waals surface area contributed by atoms with Crippen molar-refractivity contribution in [2.75, 3.05) is 23.4 Å². The zero-order valence-electron chi connectivity index (χ0n) is 12.6. The Morgan fingerprint density at radius 1 is 1.28 bits per heavy atom. The van der Waals surface area contributed by atoms with Crippen LogP contribution in [-0.4, -0.2) is 35.4 Å². The van der Waals surface area contributed by atoms with Crippen molar-refractivity contribution in [2.45, 2.75) is 6.18 Å². The zero-order chi connectivity index (χ0) is 18.0. The first-order valence-electron chi connectivity index (χ1n) is 7.09. The first-order chi connectivity index (χ1) is 11.9. The van der Waals surface area contributed by atoms with Crippen LogP contribution in [0, 0.1) is 0 Å². The summed E-state index contributed by atoms with van der Waals surface area (Å²) in [4.78, 5) is 32.1. The third kappa shape index (κ3) is 3.52. The van der Waals surface area contributed by atoms with E-state index in [0.717, 1.165) is 12.1 Å². The summed E-state index contributed by atoms with van der Waals surface area (Å²) in [7, 11) is 0. The third-order valence-electron chi connectivity index (χ3n) is 3.38. The van der Waals surface area contributed by atoms with E-state index in [0.29, 0.717) is 18.2 Å². The summed E-state index contributed by atoms with van der Waals surface area (Å²) < 4.78 is 42.9. The number of fused-ring (bicyclic) bond motifs is 1. The van der Waals surface area contributed by atoms with Crippen molar-refractivity contribution in [2.24, 2.45) is 0 Å². The summed E-state index contributed by atoms with van der Waals surface area (Å²) in [6.07, 6.45) is -3.35. The molecule has 3 heterocycles. The highest BCUT2D eigenvalue weighted by atomic mass is 19.4. The first kappa shape index (κ1) is 16.7. The van der Waals surface area contributed by atoms with Crippen LogP contribution in [0.15, 0.2) is 30.5 Å². The third-order valence-corrected chi connectivity index (χ3v) is 3.38. The average Bonchev–Trinajstić information content (AvgIpc) is 2.60. The van der Waals surface area contributed by atoms with Crippen molar-refractivity contribution in [3.8, 4) is 5.75 Å². The maximum atomic E-state index is 12.5. The molecule has 130 valence electrons. The van der Waals surface area contributed by atoms with Crippen molar-refractivity contribution in [1.82, 2.24) is 9.97 Å². The molecule has 3 rings (SSSR count). The van der Waals surface area contributed by atoms with Gasteiger partial charge < -0.3 is 4.74 Å². The molecule has 2 aromatic heterocycles. The Morgan fingerprint density at radius 2 is 2.08 bits per heavy atom. The number of amides is 2. The number of alkyl halides is 3. The Kier molecular flexibility index (Phi) is 4.26. The van der Waals surface area contributed by atoms with Crippen LogP contribution in [0.4, 0.5) is 29.6 Å². The summed E-state index contributed by atoms with van der Waals surface area (Å²) in [6, 6.07) is 4.19. The van der Waals surface area contributed by atoms with Crippen LogP contribution in [0.2, 0.25) is 0 Å². The van der Waals surface area contributed by atoms with E-state index in [2.05, 4.69) is 15.3 Å². The lowest BCUT2D eigenvalue weighted by Crippen LogP contribution is -2.41. The fraction of sp³-hybridized carbons (Fsp3) is 0.200. The van der Waals surface area contributed by atoms with Gasteiger partial charge in [0.05, 0.1) is 12.1 Å². The van der Waals surface area contributed by atoms with Gasteiger partial charge in [-0.05, 0) is 24.3 Å². The van der Waals surface area contributed by atoms with Gasteiger partial charge >= 0.3 is 12.2 Å². The number of rotatable bonds is 2. The number of nitrogens with zero attached hydrogens (tertiary/aromatic N) is 3. The number of carbonyl (C=O) groups is 2. The second-order valence-electron chi connectivity index (χ2n) is 5.04. The van der Waals surface area contributed by atoms with Crippen LogP contribution in [0.25, 0.3) is 0 Å². The van der Waals surface area contributed by atoms with E-state index in [4.69, 9.17) is 4.74 Å². The van der Waals surface area contributed by atoms with Crippen LogP contribution in [0.5, 0.6) is 5.75 Å². The van der Waals surface area contributed by atoms with Crippen molar-refractivity contribution >= 4 is 24.0 Å². The van der Waals surface area contributed by atoms with Gasteiger partial charge in [-0.2, -0.15) is 13.2 Å².